The Labute approximate surface area is 232 Å². The number of benzene rings is 3. The van der Waals surface area contributed by atoms with Gasteiger partial charge in [-0.05, 0) is 63.1 Å². The van der Waals surface area contributed by atoms with Crippen molar-refractivity contribution in [1.29, 1.82) is 0 Å². The number of aliphatic hydroxyl groups excluding tert-OH is 1. The predicted octanol–water partition coefficient (Wildman–Crippen LogP) is 7.06. The molecular weight excluding hydrogens is 506 g/mol. The monoisotopic (exact) mass is 537 g/mol. The highest BCUT2D eigenvalue weighted by atomic mass is 32.1. The maximum Gasteiger partial charge on any atom is 0.294 e. The van der Waals surface area contributed by atoms with E-state index in [0.29, 0.717) is 16.3 Å². The number of rotatable bonds is 8. The third kappa shape index (κ3) is 4.86. The smallest absolute Gasteiger partial charge is 0.294 e. The number of aromatic nitrogens is 1. The largest absolute Gasteiger partial charge is 0.503 e. The van der Waals surface area contributed by atoms with Gasteiger partial charge in [0, 0.05) is 30.0 Å². The van der Waals surface area contributed by atoms with Crippen LogP contribution in [0, 0.1) is 13.8 Å². The summed E-state index contributed by atoms with van der Waals surface area (Å²) in [6.45, 7) is 9.67. The SMILES string of the molecule is CCN(CC)c1ccc(C2C(C(=O)c3sc(-c4ccccc4)nc3C)=C(O)C(=O)N2c2cccc(C)c2)cc1. The van der Waals surface area contributed by atoms with Crippen LogP contribution < -0.4 is 9.80 Å². The van der Waals surface area contributed by atoms with Crippen LogP contribution >= 0.6 is 11.3 Å². The van der Waals surface area contributed by atoms with Crippen molar-refractivity contribution < 1.29 is 14.7 Å². The van der Waals surface area contributed by atoms with E-state index in [1.165, 1.54) is 16.2 Å². The molecule has 1 N–H and O–H groups in total. The average molecular weight is 538 g/mol. The van der Waals surface area contributed by atoms with Crippen LogP contribution in [0.1, 0.15) is 46.4 Å². The van der Waals surface area contributed by atoms with Crippen LogP contribution in [0.15, 0.2) is 90.2 Å². The zero-order valence-electron chi connectivity index (χ0n) is 22.5. The minimum absolute atomic E-state index is 0.0726. The third-order valence-electron chi connectivity index (χ3n) is 7.09. The summed E-state index contributed by atoms with van der Waals surface area (Å²) in [4.78, 5) is 36.5. The molecule has 1 aliphatic heterocycles. The lowest BCUT2D eigenvalue weighted by atomic mass is 9.94. The van der Waals surface area contributed by atoms with Crippen LogP contribution in [0.3, 0.4) is 0 Å². The normalized spacial score (nSPS) is 15.2. The predicted molar refractivity (Wildman–Crippen MR) is 158 cm³/mol. The van der Waals surface area contributed by atoms with Crippen molar-refractivity contribution in [2.24, 2.45) is 0 Å². The van der Waals surface area contributed by atoms with Crippen LogP contribution in [-0.4, -0.2) is 34.9 Å². The number of aryl methyl sites for hydroxylation is 2. The molecule has 0 fully saturated rings. The lowest BCUT2D eigenvalue weighted by Crippen LogP contribution is -2.31. The van der Waals surface area contributed by atoms with Gasteiger partial charge in [0.1, 0.15) is 5.01 Å². The van der Waals surface area contributed by atoms with Gasteiger partial charge in [-0.2, -0.15) is 0 Å². The van der Waals surface area contributed by atoms with Gasteiger partial charge < -0.3 is 10.0 Å². The zero-order valence-corrected chi connectivity index (χ0v) is 23.3. The molecule has 1 amide bonds. The molecule has 1 atom stereocenters. The topological polar surface area (TPSA) is 73.7 Å². The zero-order chi connectivity index (χ0) is 27.7. The summed E-state index contributed by atoms with van der Waals surface area (Å²) in [5.41, 5.74) is 4.96. The molecule has 0 saturated carbocycles. The van der Waals surface area contributed by atoms with E-state index < -0.39 is 17.7 Å². The summed E-state index contributed by atoms with van der Waals surface area (Å²) in [7, 11) is 0. The Balaban J connectivity index is 1.62. The molecule has 198 valence electrons. The fourth-order valence-electron chi connectivity index (χ4n) is 5.09. The Hall–Kier alpha value is -4.23. The second kappa shape index (κ2) is 10.9. The Morgan fingerprint density at radius 2 is 1.67 bits per heavy atom. The van der Waals surface area contributed by atoms with Gasteiger partial charge in [-0.15, -0.1) is 11.3 Å². The van der Waals surface area contributed by atoms with Crippen molar-refractivity contribution in [2.75, 3.05) is 22.9 Å². The Bertz CT molecular complexity index is 1550. The van der Waals surface area contributed by atoms with Gasteiger partial charge in [0.25, 0.3) is 5.91 Å². The molecule has 7 heteroatoms. The lowest BCUT2D eigenvalue weighted by Gasteiger charge is -2.28. The van der Waals surface area contributed by atoms with Crippen molar-refractivity contribution in [2.45, 2.75) is 33.7 Å². The molecule has 39 heavy (non-hydrogen) atoms. The number of nitrogens with zero attached hydrogens (tertiary/aromatic N) is 3. The molecule has 1 unspecified atom stereocenters. The quantitative estimate of drug-likeness (QED) is 0.244. The molecule has 0 spiro atoms. The molecule has 0 saturated heterocycles. The highest BCUT2D eigenvalue weighted by Gasteiger charge is 2.45. The number of carbonyl (C=O) groups is 2. The Kier molecular flexibility index (Phi) is 7.35. The number of ketones is 1. The number of hydrogen-bond acceptors (Lipinski definition) is 6. The van der Waals surface area contributed by atoms with Gasteiger partial charge in [0.15, 0.2) is 5.76 Å². The highest BCUT2D eigenvalue weighted by molar-refractivity contribution is 7.17. The molecule has 6 nitrogen and oxygen atoms in total. The first-order valence-electron chi connectivity index (χ1n) is 13.1. The van der Waals surface area contributed by atoms with Crippen molar-refractivity contribution in [1.82, 2.24) is 4.98 Å². The van der Waals surface area contributed by atoms with Gasteiger partial charge in [-0.3, -0.25) is 14.5 Å². The van der Waals surface area contributed by atoms with Crippen LogP contribution in [0.5, 0.6) is 0 Å². The lowest BCUT2D eigenvalue weighted by molar-refractivity contribution is -0.117. The number of Topliss-reactive ketones (excluding diaryl/α,β-unsaturated/α-hetero) is 1. The van der Waals surface area contributed by atoms with E-state index in [2.05, 4.69) is 23.7 Å². The molecular formula is C32H31N3O3S. The fraction of sp³-hybridized carbons (Fsp3) is 0.219. The van der Waals surface area contributed by atoms with E-state index in [-0.39, 0.29) is 11.4 Å². The van der Waals surface area contributed by atoms with Crippen molar-refractivity contribution >= 4 is 34.4 Å². The van der Waals surface area contributed by atoms with Crippen molar-refractivity contribution in [3.63, 3.8) is 0 Å². The first-order chi connectivity index (χ1) is 18.8. The molecule has 2 heterocycles. The maximum atomic E-state index is 14.1. The van der Waals surface area contributed by atoms with Gasteiger partial charge >= 0.3 is 0 Å². The molecule has 1 aliphatic rings. The number of amides is 1. The Morgan fingerprint density at radius 1 is 0.974 bits per heavy atom. The number of hydrogen-bond donors (Lipinski definition) is 1. The van der Waals surface area contributed by atoms with Gasteiger partial charge in [-0.1, -0.05) is 54.6 Å². The number of carbonyl (C=O) groups excluding carboxylic acids is 2. The number of thiazole rings is 1. The summed E-state index contributed by atoms with van der Waals surface area (Å²) in [6, 6.07) is 24.3. The first-order valence-corrected chi connectivity index (χ1v) is 13.9. The third-order valence-corrected chi connectivity index (χ3v) is 8.30. The van der Waals surface area contributed by atoms with Crippen LogP contribution in [0.2, 0.25) is 0 Å². The van der Waals surface area contributed by atoms with E-state index in [9.17, 15) is 14.7 Å². The summed E-state index contributed by atoms with van der Waals surface area (Å²) in [6.07, 6.45) is 0. The standard InChI is InChI=1S/C32H31N3O3S/c1-5-34(6-2)24-17-15-22(16-18-24)27-26(29(37)32(38)35(27)25-14-10-11-20(3)19-25)28(36)30-21(4)33-31(39-30)23-12-8-7-9-13-23/h7-19,27,37H,5-6H2,1-4H3. The molecule has 0 aliphatic carbocycles. The number of aliphatic hydroxyl groups is 1. The highest BCUT2D eigenvalue weighted by Crippen LogP contribution is 2.43. The van der Waals surface area contributed by atoms with Crippen molar-refractivity contribution in [3.05, 3.63) is 112 Å². The van der Waals surface area contributed by atoms with E-state index in [1.807, 2.05) is 85.8 Å². The second-order valence-electron chi connectivity index (χ2n) is 9.57. The average Bonchev–Trinajstić information content (AvgIpc) is 3.47. The molecule has 3 aromatic carbocycles. The number of anilines is 2. The molecule has 5 rings (SSSR count). The molecule has 4 aromatic rings. The van der Waals surface area contributed by atoms with Crippen LogP contribution in [-0.2, 0) is 4.79 Å². The summed E-state index contributed by atoms with van der Waals surface area (Å²) in [5, 5.41) is 11.9. The van der Waals surface area contributed by atoms with Gasteiger partial charge in [-0.25, -0.2) is 4.98 Å². The van der Waals surface area contributed by atoms with E-state index in [0.717, 1.165) is 40.5 Å². The van der Waals surface area contributed by atoms with E-state index in [4.69, 9.17) is 0 Å². The minimum Gasteiger partial charge on any atom is -0.503 e. The molecule has 0 bridgehead atoms. The van der Waals surface area contributed by atoms with Crippen LogP contribution in [0.4, 0.5) is 11.4 Å². The molecule has 1 aromatic heterocycles. The van der Waals surface area contributed by atoms with Crippen LogP contribution in [0.25, 0.3) is 10.6 Å². The van der Waals surface area contributed by atoms with E-state index in [1.54, 1.807) is 6.92 Å². The summed E-state index contributed by atoms with van der Waals surface area (Å²) >= 11 is 1.28. The second-order valence-corrected chi connectivity index (χ2v) is 10.6. The summed E-state index contributed by atoms with van der Waals surface area (Å²) in [5.74, 6) is -1.49. The molecule has 0 radical (unpaired) electrons. The minimum atomic E-state index is -0.778. The Morgan fingerprint density at radius 3 is 2.31 bits per heavy atom. The van der Waals surface area contributed by atoms with Gasteiger partial charge in [0.05, 0.1) is 22.2 Å². The van der Waals surface area contributed by atoms with Gasteiger partial charge in [0.2, 0.25) is 5.78 Å². The maximum absolute atomic E-state index is 14.1. The van der Waals surface area contributed by atoms with E-state index >= 15 is 0 Å². The summed E-state index contributed by atoms with van der Waals surface area (Å²) < 4.78 is 0. The van der Waals surface area contributed by atoms with Crippen molar-refractivity contribution in [3.8, 4) is 10.6 Å². The first kappa shape index (κ1) is 26.4. The fourth-order valence-corrected chi connectivity index (χ4v) is 6.11.